The molecule has 2 aliphatic heterocycles. The molecule has 2 fully saturated rings. The lowest BCUT2D eigenvalue weighted by Crippen LogP contribution is -2.42. The molecule has 0 aromatic heterocycles. The highest BCUT2D eigenvalue weighted by molar-refractivity contribution is 5.02. The lowest BCUT2D eigenvalue weighted by molar-refractivity contribution is -0.173. The number of fused-ring (bicyclic) bond motifs is 2. The van der Waals surface area contributed by atoms with Crippen molar-refractivity contribution in [2.45, 2.75) is 57.5 Å². The van der Waals surface area contributed by atoms with E-state index in [4.69, 9.17) is 10.8 Å². The van der Waals surface area contributed by atoms with Gasteiger partial charge in [0, 0.05) is 7.77 Å². The molecule has 11 heavy (non-hydrogen) atoms. The van der Waals surface area contributed by atoms with Crippen LogP contribution in [0.1, 0.15) is 35.0 Å². The van der Waals surface area contributed by atoms with E-state index in [1.165, 1.54) is 0 Å². The maximum atomic E-state index is 7.97. The fourth-order valence-corrected chi connectivity index (χ4v) is 2.09. The van der Waals surface area contributed by atoms with Crippen molar-refractivity contribution < 1.29 is 10.8 Å². The Hall–Kier alpha value is -0.0800. The van der Waals surface area contributed by atoms with Crippen LogP contribution in [0.25, 0.3) is 0 Å². The van der Waals surface area contributed by atoms with Gasteiger partial charge in [0.1, 0.15) is 0 Å². The molecule has 0 aromatic rings. The highest BCUT2D eigenvalue weighted by Crippen LogP contribution is 2.45. The van der Waals surface area contributed by atoms with Gasteiger partial charge in [-0.15, -0.1) is 0 Å². The number of hydrogen-bond donors (Lipinski definition) is 0. The van der Waals surface area contributed by atoms with Gasteiger partial charge in [0.15, 0.2) is 0 Å². The van der Waals surface area contributed by atoms with Crippen LogP contribution in [0.2, 0.25) is 0 Å². The lowest BCUT2D eigenvalue weighted by Gasteiger charge is -2.33. The van der Waals surface area contributed by atoms with E-state index < -0.39 is 0 Å². The van der Waals surface area contributed by atoms with E-state index in [1.807, 2.05) is 13.8 Å². The molecule has 2 unspecified atom stereocenters. The molecule has 0 aromatic carbocycles. The van der Waals surface area contributed by atoms with E-state index >= 15 is 0 Å². The molecule has 2 bridgehead atoms. The van der Waals surface area contributed by atoms with Crippen LogP contribution in [0.15, 0.2) is 0 Å². The second-order valence-electron chi connectivity index (χ2n) is 3.54. The number of hydrogen-bond acceptors (Lipinski definition) is 2. The van der Waals surface area contributed by atoms with E-state index in [1.54, 1.807) is 0 Å². The first-order chi connectivity index (χ1) is 5.62. The normalized spacial score (nSPS) is 63.4. The van der Waals surface area contributed by atoms with Crippen LogP contribution in [0.5, 0.6) is 0 Å². The Morgan fingerprint density at radius 1 is 1.64 bits per heavy atom. The monoisotopic (exact) mass is 158 g/mol. The first-order valence-electron chi connectivity index (χ1n) is 4.95. The summed E-state index contributed by atoms with van der Waals surface area (Å²) in [7, 11) is 0. The molecule has 0 radical (unpaired) electrons. The minimum absolute atomic E-state index is 0.0000463. The molecule has 2 aliphatic rings. The predicted molar refractivity (Wildman–Crippen MR) is 42.5 cm³/mol. The molecule has 2 nitrogen and oxygen atoms in total. The molecule has 64 valence electrons. The van der Waals surface area contributed by atoms with Crippen LogP contribution in [-0.4, -0.2) is 23.9 Å². The largest absolute Gasteiger partial charge is 0.369 e. The Balaban J connectivity index is 2.30. The topological polar surface area (TPSA) is 18.5 Å². The summed E-state index contributed by atoms with van der Waals surface area (Å²) in [6, 6.07) is 0. The fraction of sp³-hybridized carbons (Fsp3) is 1.00. The van der Waals surface area contributed by atoms with Gasteiger partial charge in [0.2, 0.25) is 0 Å². The van der Waals surface area contributed by atoms with Crippen LogP contribution in [0.4, 0.5) is 0 Å². The Labute approximate surface area is 69.3 Å². The summed E-state index contributed by atoms with van der Waals surface area (Å²) in [6.45, 7) is 6.08. The number of ether oxygens (including phenoxy) is 2. The molecule has 0 N–H and O–H groups in total. The summed E-state index contributed by atoms with van der Waals surface area (Å²) >= 11 is 0. The van der Waals surface area contributed by atoms with Crippen molar-refractivity contribution in [3.8, 4) is 0 Å². The molecule has 5 atom stereocenters. The summed E-state index contributed by atoms with van der Waals surface area (Å²) in [6.07, 6.45) is 0.880. The summed E-state index contributed by atoms with van der Waals surface area (Å²) in [5.41, 5.74) is -0.315. The first kappa shape index (κ1) is 6.44. The van der Waals surface area contributed by atoms with Crippen molar-refractivity contribution >= 4 is 0 Å². The second kappa shape index (κ2) is 2.20. The van der Waals surface area contributed by atoms with Crippen LogP contribution in [0.3, 0.4) is 0 Å². The van der Waals surface area contributed by atoms with Crippen molar-refractivity contribution in [1.29, 1.82) is 0 Å². The Kier molecular flexibility index (Phi) is 1.29. The van der Waals surface area contributed by atoms with E-state index in [0.717, 1.165) is 6.42 Å². The maximum Gasteiger partial charge on any atom is 0.0968 e. The van der Waals surface area contributed by atoms with Gasteiger partial charge in [-0.05, 0) is 20.3 Å². The van der Waals surface area contributed by atoms with Crippen molar-refractivity contribution in [2.24, 2.45) is 0 Å². The van der Waals surface area contributed by atoms with Gasteiger partial charge in [0.25, 0.3) is 0 Å². The summed E-state index contributed by atoms with van der Waals surface area (Å²) in [4.78, 5) is 0. The molecule has 2 heterocycles. The minimum Gasteiger partial charge on any atom is -0.369 e. The van der Waals surface area contributed by atoms with E-state index in [-0.39, 0.29) is 30.3 Å². The van der Waals surface area contributed by atoms with Crippen LogP contribution in [0, 0.1) is 0 Å². The maximum absolute atomic E-state index is 7.97. The third kappa shape index (κ3) is 0.859. The summed E-state index contributed by atoms with van der Waals surface area (Å²) in [5, 5.41) is 0. The Bertz CT molecular complexity index is 197. The van der Waals surface area contributed by atoms with Gasteiger partial charge in [-0.3, -0.25) is 0 Å². The predicted octanol–water partition coefficient (Wildman–Crippen LogP) is 1.73. The van der Waals surface area contributed by atoms with Crippen LogP contribution < -0.4 is 0 Å². The highest BCUT2D eigenvalue weighted by atomic mass is 16.6. The Morgan fingerprint density at radius 3 is 2.73 bits per heavy atom. The van der Waals surface area contributed by atoms with Crippen molar-refractivity contribution in [2.75, 3.05) is 0 Å². The summed E-state index contributed by atoms with van der Waals surface area (Å²) < 4.78 is 19.4. The molecule has 2 rings (SSSR count). The highest BCUT2D eigenvalue weighted by Gasteiger charge is 2.54. The summed E-state index contributed by atoms with van der Waals surface area (Å²) in [5.74, 6) is 0. The zero-order chi connectivity index (χ0) is 8.93. The zero-order valence-electron chi connectivity index (χ0n) is 8.33. The SMILES string of the molecule is [3H]C1[C@H]2OC(C)[C@@]1(CC)O[C@H]2C. The molecule has 2 heteroatoms. The standard InChI is InChI=1S/C9H16O2/c1-4-9-5-8(6(2)11-9)10-7(9)3/h6-8H,4-5H2,1-3H3/t6-,7?,8+,9-/m0/s1/i5T/t5?,6-,7?,8+,9-. The van der Waals surface area contributed by atoms with Crippen LogP contribution >= 0.6 is 0 Å². The van der Waals surface area contributed by atoms with Crippen molar-refractivity contribution in [1.82, 2.24) is 0 Å². The third-order valence-corrected chi connectivity index (χ3v) is 2.92. The van der Waals surface area contributed by atoms with Gasteiger partial charge in [-0.2, -0.15) is 0 Å². The molecule has 0 spiro atoms. The quantitative estimate of drug-likeness (QED) is 0.578. The first-order valence-corrected chi connectivity index (χ1v) is 4.37. The van der Waals surface area contributed by atoms with Gasteiger partial charge in [-0.25, -0.2) is 0 Å². The fourth-order valence-electron chi connectivity index (χ4n) is 2.09. The molecule has 2 saturated heterocycles. The van der Waals surface area contributed by atoms with Crippen molar-refractivity contribution in [3.05, 3.63) is 0 Å². The van der Waals surface area contributed by atoms with Gasteiger partial charge < -0.3 is 9.47 Å². The lowest BCUT2D eigenvalue weighted by atomic mass is 9.93. The van der Waals surface area contributed by atoms with Gasteiger partial charge >= 0.3 is 0 Å². The van der Waals surface area contributed by atoms with Crippen molar-refractivity contribution in [3.63, 3.8) is 0 Å². The van der Waals surface area contributed by atoms with Gasteiger partial charge in [-0.1, -0.05) is 6.92 Å². The second-order valence-corrected chi connectivity index (χ2v) is 3.54. The smallest absolute Gasteiger partial charge is 0.0968 e. The molecule has 0 saturated carbocycles. The molecule has 0 aliphatic carbocycles. The third-order valence-electron chi connectivity index (χ3n) is 2.92. The van der Waals surface area contributed by atoms with E-state index in [2.05, 4.69) is 6.92 Å². The van der Waals surface area contributed by atoms with E-state index in [9.17, 15) is 0 Å². The van der Waals surface area contributed by atoms with E-state index in [0.29, 0.717) is 0 Å². The number of rotatable bonds is 1. The molecular weight excluding hydrogens is 140 g/mol. The minimum atomic E-state index is -0.315. The van der Waals surface area contributed by atoms with Gasteiger partial charge in [0.05, 0.1) is 23.9 Å². The Morgan fingerprint density at radius 2 is 2.36 bits per heavy atom. The zero-order valence-corrected chi connectivity index (χ0v) is 7.33. The average Bonchev–Trinajstić information content (AvgIpc) is 2.41. The molecular formula is C9H16O2. The average molecular weight is 158 g/mol. The molecule has 0 amide bonds. The van der Waals surface area contributed by atoms with Crippen LogP contribution in [-0.2, 0) is 9.47 Å².